The number of rotatable bonds is 6. The molecule has 4 heteroatoms. The number of benzene rings is 1. The third kappa shape index (κ3) is 4.19. The zero-order valence-electron chi connectivity index (χ0n) is 9.36. The first-order chi connectivity index (χ1) is 7.63. The molecule has 1 atom stereocenters. The second-order valence-corrected chi connectivity index (χ2v) is 4.47. The third-order valence-electron chi connectivity index (χ3n) is 2.47. The highest BCUT2D eigenvalue weighted by atomic mass is 35.5. The molecule has 0 N–H and O–H groups in total. The summed E-state index contributed by atoms with van der Waals surface area (Å²) < 4.78 is 0. The van der Waals surface area contributed by atoms with Crippen LogP contribution in [0.1, 0.15) is 31.7 Å². The summed E-state index contributed by atoms with van der Waals surface area (Å²) in [5.41, 5.74) is 1.13. The summed E-state index contributed by atoms with van der Waals surface area (Å²) in [5, 5.41) is 10.7. The number of hydrogen-bond acceptors (Lipinski definition) is 2. The Kier molecular flexibility index (Phi) is 5.26. The quantitative estimate of drug-likeness (QED) is 0.430. The lowest BCUT2D eigenvalue weighted by molar-refractivity contribution is -0.384. The van der Waals surface area contributed by atoms with Gasteiger partial charge in [0.05, 0.1) is 4.92 Å². The summed E-state index contributed by atoms with van der Waals surface area (Å²) in [4.78, 5) is 10.2. The monoisotopic (exact) mass is 241 g/mol. The van der Waals surface area contributed by atoms with Crippen LogP contribution in [0, 0.1) is 10.1 Å². The van der Waals surface area contributed by atoms with Gasteiger partial charge in [0, 0.05) is 17.5 Å². The van der Waals surface area contributed by atoms with Gasteiger partial charge in [-0.3, -0.25) is 10.1 Å². The molecule has 0 saturated heterocycles. The van der Waals surface area contributed by atoms with Gasteiger partial charge in [-0.15, -0.1) is 11.6 Å². The Bertz CT molecular complexity index is 355. The minimum atomic E-state index is -0.367. The standard InChI is InChI=1S/C12H16ClNO2/c1-2-4-11(13)8-7-10-5-3-6-12(9-10)14(15)16/h3,5-6,9,11H,2,4,7-8H2,1H3. The second-order valence-electron chi connectivity index (χ2n) is 3.85. The molecule has 0 aromatic heterocycles. The van der Waals surface area contributed by atoms with E-state index in [1.54, 1.807) is 12.1 Å². The molecule has 16 heavy (non-hydrogen) atoms. The fourth-order valence-corrected chi connectivity index (χ4v) is 1.93. The Hall–Kier alpha value is -1.09. The second kappa shape index (κ2) is 6.48. The van der Waals surface area contributed by atoms with Gasteiger partial charge in [0.1, 0.15) is 0 Å². The molecule has 0 amide bonds. The van der Waals surface area contributed by atoms with Crippen LogP contribution in [-0.4, -0.2) is 10.3 Å². The lowest BCUT2D eigenvalue weighted by Crippen LogP contribution is -2.00. The van der Waals surface area contributed by atoms with Crippen LogP contribution in [0.2, 0.25) is 0 Å². The first-order valence-corrected chi connectivity index (χ1v) is 5.94. The maximum Gasteiger partial charge on any atom is 0.269 e. The van der Waals surface area contributed by atoms with Gasteiger partial charge in [0.25, 0.3) is 5.69 Å². The lowest BCUT2D eigenvalue weighted by Gasteiger charge is -2.07. The van der Waals surface area contributed by atoms with Crippen LogP contribution < -0.4 is 0 Å². The number of halogens is 1. The van der Waals surface area contributed by atoms with E-state index >= 15 is 0 Å². The highest BCUT2D eigenvalue weighted by Crippen LogP contribution is 2.17. The van der Waals surface area contributed by atoms with Gasteiger partial charge in [-0.05, 0) is 24.8 Å². The van der Waals surface area contributed by atoms with E-state index in [9.17, 15) is 10.1 Å². The van der Waals surface area contributed by atoms with Gasteiger partial charge < -0.3 is 0 Å². The Labute approximate surface area is 101 Å². The molecule has 88 valence electrons. The van der Waals surface area contributed by atoms with E-state index in [1.165, 1.54) is 6.07 Å². The fraction of sp³-hybridized carbons (Fsp3) is 0.500. The van der Waals surface area contributed by atoms with E-state index in [0.29, 0.717) is 0 Å². The molecule has 0 bridgehead atoms. The zero-order chi connectivity index (χ0) is 12.0. The number of nitro benzene ring substituents is 1. The molecule has 1 unspecified atom stereocenters. The summed E-state index contributed by atoms with van der Waals surface area (Å²) in [6, 6.07) is 6.75. The molecule has 0 aliphatic heterocycles. The molecule has 3 nitrogen and oxygen atoms in total. The van der Waals surface area contributed by atoms with Gasteiger partial charge in [-0.25, -0.2) is 0 Å². The lowest BCUT2D eigenvalue weighted by atomic mass is 10.1. The van der Waals surface area contributed by atoms with Crippen LogP contribution in [-0.2, 0) is 6.42 Å². The van der Waals surface area contributed by atoms with Gasteiger partial charge in [0.2, 0.25) is 0 Å². The van der Waals surface area contributed by atoms with E-state index in [-0.39, 0.29) is 16.0 Å². The van der Waals surface area contributed by atoms with Crippen molar-refractivity contribution in [2.75, 3.05) is 0 Å². The van der Waals surface area contributed by atoms with Gasteiger partial charge in [-0.1, -0.05) is 25.5 Å². The van der Waals surface area contributed by atoms with E-state index < -0.39 is 0 Å². The summed E-state index contributed by atoms with van der Waals surface area (Å²) >= 11 is 6.10. The molecule has 1 aromatic rings. The predicted octanol–water partition coefficient (Wildman–Crippen LogP) is 3.93. The van der Waals surface area contributed by atoms with E-state index in [4.69, 9.17) is 11.6 Å². The largest absolute Gasteiger partial charge is 0.269 e. The Morgan fingerprint density at radius 3 is 2.81 bits per heavy atom. The van der Waals surface area contributed by atoms with Crippen molar-refractivity contribution in [3.8, 4) is 0 Å². The Morgan fingerprint density at radius 1 is 1.44 bits per heavy atom. The van der Waals surface area contributed by atoms with Crippen molar-refractivity contribution in [3.05, 3.63) is 39.9 Å². The first-order valence-electron chi connectivity index (χ1n) is 5.51. The summed E-state index contributed by atoms with van der Waals surface area (Å²) in [6.07, 6.45) is 3.74. The number of aryl methyl sites for hydroxylation is 1. The topological polar surface area (TPSA) is 43.1 Å². The first kappa shape index (κ1) is 13.0. The number of non-ortho nitro benzene ring substituents is 1. The van der Waals surface area contributed by atoms with Crippen LogP contribution >= 0.6 is 11.6 Å². The average molecular weight is 242 g/mol. The van der Waals surface area contributed by atoms with Crippen LogP contribution in [0.15, 0.2) is 24.3 Å². The number of alkyl halides is 1. The number of nitrogens with zero attached hydrogens (tertiary/aromatic N) is 1. The normalized spacial score (nSPS) is 12.4. The van der Waals surface area contributed by atoms with Crippen molar-refractivity contribution in [2.45, 2.75) is 38.0 Å². The van der Waals surface area contributed by atoms with E-state index in [2.05, 4.69) is 6.92 Å². The number of nitro groups is 1. The number of hydrogen-bond donors (Lipinski definition) is 0. The third-order valence-corrected chi connectivity index (χ3v) is 2.91. The van der Waals surface area contributed by atoms with Gasteiger partial charge in [0.15, 0.2) is 0 Å². The summed E-state index contributed by atoms with van der Waals surface area (Å²) in [6.45, 7) is 2.10. The minimum absolute atomic E-state index is 0.152. The molecule has 0 spiro atoms. The Morgan fingerprint density at radius 2 is 2.19 bits per heavy atom. The van der Waals surface area contributed by atoms with Crippen molar-refractivity contribution < 1.29 is 4.92 Å². The molecule has 1 rings (SSSR count). The molecule has 0 fully saturated rings. The van der Waals surface area contributed by atoms with Crippen molar-refractivity contribution in [3.63, 3.8) is 0 Å². The fourth-order valence-electron chi connectivity index (χ4n) is 1.61. The van der Waals surface area contributed by atoms with Crippen LogP contribution in [0.5, 0.6) is 0 Å². The molecular weight excluding hydrogens is 226 g/mol. The molecule has 0 aliphatic carbocycles. The van der Waals surface area contributed by atoms with Crippen molar-refractivity contribution in [1.29, 1.82) is 0 Å². The summed E-state index contributed by atoms with van der Waals surface area (Å²) in [7, 11) is 0. The maximum atomic E-state index is 10.6. The Balaban J connectivity index is 2.54. The van der Waals surface area contributed by atoms with E-state index in [0.717, 1.165) is 31.2 Å². The molecule has 0 heterocycles. The van der Waals surface area contributed by atoms with Crippen LogP contribution in [0.4, 0.5) is 5.69 Å². The predicted molar refractivity (Wildman–Crippen MR) is 66.0 cm³/mol. The van der Waals surface area contributed by atoms with Crippen LogP contribution in [0.3, 0.4) is 0 Å². The average Bonchev–Trinajstić information content (AvgIpc) is 2.27. The SMILES string of the molecule is CCCC(Cl)CCc1cccc([N+](=O)[O-])c1. The van der Waals surface area contributed by atoms with Crippen molar-refractivity contribution in [2.24, 2.45) is 0 Å². The zero-order valence-corrected chi connectivity index (χ0v) is 10.1. The summed E-state index contributed by atoms with van der Waals surface area (Å²) in [5.74, 6) is 0. The molecular formula is C12H16ClNO2. The molecule has 0 aliphatic rings. The molecule has 0 saturated carbocycles. The van der Waals surface area contributed by atoms with Crippen LogP contribution in [0.25, 0.3) is 0 Å². The minimum Gasteiger partial charge on any atom is -0.258 e. The highest BCUT2D eigenvalue weighted by Gasteiger charge is 2.07. The smallest absolute Gasteiger partial charge is 0.258 e. The van der Waals surface area contributed by atoms with Crippen molar-refractivity contribution >= 4 is 17.3 Å². The highest BCUT2D eigenvalue weighted by molar-refractivity contribution is 6.20. The molecule has 1 aromatic carbocycles. The van der Waals surface area contributed by atoms with Gasteiger partial charge in [-0.2, -0.15) is 0 Å². The van der Waals surface area contributed by atoms with Crippen molar-refractivity contribution in [1.82, 2.24) is 0 Å². The maximum absolute atomic E-state index is 10.6. The molecule has 0 radical (unpaired) electrons. The van der Waals surface area contributed by atoms with E-state index in [1.807, 2.05) is 6.07 Å². The van der Waals surface area contributed by atoms with Gasteiger partial charge >= 0.3 is 0 Å².